The fourth-order valence-electron chi connectivity index (χ4n) is 4.04. The van der Waals surface area contributed by atoms with E-state index in [1.807, 2.05) is 38.1 Å². The molecule has 8 N–H and O–H groups in total. The second-order valence-corrected chi connectivity index (χ2v) is 9.80. The van der Waals surface area contributed by atoms with Crippen molar-refractivity contribution in [2.45, 2.75) is 71.1 Å². The van der Waals surface area contributed by atoms with Gasteiger partial charge in [0.15, 0.2) is 0 Å². The molecule has 5 amide bonds. The number of nitrogens with one attached hydrogen (secondary N) is 5. The van der Waals surface area contributed by atoms with E-state index in [2.05, 4.69) is 26.3 Å². The normalized spacial score (nSPS) is 14.1. The highest BCUT2D eigenvalue weighted by molar-refractivity contribution is 5.96. The molecule has 0 aliphatic heterocycles. The van der Waals surface area contributed by atoms with Gasteiger partial charge in [0.2, 0.25) is 29.5 Å². The average molecular weight is 545 g/mol. The van der Waals surface area contributed by atoms with Gasteiger partial charge in [-0.15, -0.1) is 0 Å². The number of aromatic nitrogens is 1. The zero-order chi connectivity index (χ0) is 29.3. The molecule has 212 valence electrons. The van der Waals surface area contributed by atoms with Gasteiger partial charge in [0.05, 0.1) is 6.42 Å². The Morgan fingerprint density at radius 3 is 2.05 bits per heavy atom. The fraction of sp³-hybridized carbons (Fsp3) is 0.462. The lowest BCUT2D eigenvalue weighted by molar-refractivity contribution is -0.140. The maximum atomic E-state index is 13.4. The first kappa shape index (κ1) is 30.8. The third-order valence-electron chi connectivity index (χ3n) is 5.92. The van der Waals surface area contributed by atoms with E-state index in [1.54, 1.807) is 6.20 Å². The molecule has 0 radical (unpaired) electrons. The van der Waals surface area contributed by atoms with Gasteiger partial charge >= 0.3 is 5.97 Å². The summed E-state index contributed by atoms with van der Waals surface area (Å²) >= 11 is 0. The highest BCUT2D eigenvalue weighted by atomic mass is 16.4. The van der Waals surface area contributed by atoms with Crippen molar-refractivity contribution in [3.8, 4) is 0 Å². The van der Waals surface area contributed by atoms with Gasteiger partial charge in [-0.25, -0.2) is 0 Å². The third-order valence-corrected chi connectivity index (χ3v) is 5.92. The minimum Gasteiger partial charge on any atom is -0.481 e. The van der Waals surface area contributed by atoms with E-state index < -0.39 is 66.1 Å². The number of carboxylic acids is 1. The van der Waals surface area contributed by atoms with E-state index in [4.69, 9.17) is 10.8 Å². The zero-order valence-corrected chi connectivity index (χ0v) is 22.4. The molecular formula is C26H36N6O7. The minimum absolute atomic E-state index is 0.00915. The van der Waals surface area contributed by atoms with Crippen molar-refractivity contribution >= 4 is 46.4 Å². The van der Waals surface area contributed by atoms with Crippen LogP contribution in [0, 0.1) is 5.92 Å². The summed E-state index contributed by atoms with van der Waals surface area (Å²) in [5, 5.41) is 19.9. The number of amides is 5. The quantitative estimate of drug-likeness (QED) is 0.168. The molecule has 2 rings (SSSR count). The van der Waals surface area contributed by atoms with Crippen molar-refractivity contribution in [3.63, 3.8) is 0 Å². The number of carboxylic acid groups (broad SMARTS) is 1. The van der Waals surface area contributed by atoms with Gasteiger partial charge in [-0.2, -0.15) is 0 Å². The summed E-state index contributed by atoms with van der Waals surface area (Å²) in [5.74, 6) is -4.89. The number of benzene rings is 1. The topological polar surface area (TPSA) is 213 Å². The van der Waals surface area contributed by atoms with Crippen LogP contribution in [0.4, 0.5) is 0 Å². The first-order chi connectivity index (χ1) is 18.3. The van der Waals surface area contributed by atoms with E-state index in [1.165, 1.54) is 13.8 Å². The molecule has 0 saturated heterocycles. The Hall–Kier alpha value is -4.42. The van der Waals surface area contributed by atoms with E-state index in [0.29, 0.717) is 5.56 Å². The summed E-state index contributed by atoms with van der Waals surface area (Å²) in [4.78, 5) is 76.6. The van der Waals surface area contributed by atoms with Crippen molar-refractivity contribution in [1.29, 1.82) is 0 Å². The van der Waals surface area contributed by atoms with Gasteiger partial charge in [-0.3, -0.25) is 28.8 Å². The van der Waals surface area contributed by atoms with Crippen LogP contribution < -0.4 is 27.0 Å². The van der Waals surface area contributed by atoms with Crippen LogP contribution in [0.1, 0.15) is 46.1 Å². The summed E-state index contributed by atoms with van der Waals surface area (Å²) in [6, 6.07) is 2.63. The molecule has 1 aromatic carbocycles. The van der Waals surface area contributed by atoms with Crippen molar-refractivity contribution < 1.29 is 33.9 Å². The molecule has 39 heavy (non-hydrogen) atoms. The number of nitrogens with two attached hydrogens (primary N) is 1. The number of primary amides is 1. The Balaban J connectivity index is 2.33. The Kier molecular flexibility index (Phi) is 11.0. The van der Waals surface area contributed by atoms with Crippen LogP contribution in [0.15, 0.2) is 30.5 Å². The molecule has 2 aromatic rings. The number of hydrogen-bond acceptors (Lipinski definition) is 6. The molecule has 4 atom stereocenters. The largest absolute Gasteiger partial charge is 0.481 e. The Morgan fingerprint density at radius 2 is 1.46 bits per heavy atom. The second kappa shape index (κ2) is 13.9. The maximum absolute atomic E-state index is 13.4. The van der Waals surface area contributed by atoms with Gasteiger partial charge < -0.3 is 37.1 Å². The zero-order valence-electron chi connectivity index (χ0n) is 22.4. The highest BCUT2D eigenvalue weighted by Crippen LogP contribution is 2.19. The summed E-state index contributed by atoms with van der Waals surface area (Å²) < 4.78 is 0. The van der Waals surface area contributed by atoms with Crippen molar-refractivity contribution in [1.82, 2.24) is 26.3 Å². The predicted molar refractivity (Wildman–Crippen MR) is 142 cm³/mol. The maximum Gasteiger partial charge on any atom is 0.305 e. The van der Waals surface area contributed by atoms with Crippen LogP contribution in [-0.4, -0.2) is 69.8 Å². The first-order valence-electron chi connectivity index (χ1n) is 12.5. The van der Waals surface area contributed by atoms with Gasteiger partial charge in [0.25, 0.3) is 0 Å². The van der Waals surface area contributed by atoms with Crippen molar-refractivity contribution in [2.75, 3.05) is 0 Å². The monoisotopic (exact) mass is 544 g/mol. The molecule has 0 saturated carbocycles. The highest BCUT2D eigenvalue weighted by Gasteiger charge is 2.31. The SMILES string of the molecule is CC(=O)N[C@@H](C)C(=O)N[C@@H](CC(C)C)C(=O)N[C@@H](Cc1c[nH]c2ccccc12)C(=O)N[C@@H](CC(=O)O)C(N)=O. The number of para-hydroxylation sites is 1. The predicted octanol–water partition coefficient (Wildman–Crippen LogP) is -0.304. The fourth-order valence-corrected chi connectivity index (χ4v) is 4.04. The van der Waals surface area contributed by atoms with Crippen LogP contribution in [0.25, 0.3) is 10.9 Å². The minimum atomic E-state index is -1.50. The Morgan fingerprint density at radius 1 is 0.872 bits per heavy atom. The van der Waals surface area contributed by atoms with E-state index >= 15 is 0 Å². The average Bonchev–Trinajstić information content (AvgIpc) is 3.24. The summed E-state index contributed by atoms with van der Waals surface area (Å²) in [5.41, 5.74) is 6.76. The number of rotatable bonds is 14. The molecule has 0 bridgehead atoms. The van der Waals surface area contributed by atoms with Crippen LogP contribution >= 0.6 is 0 Å². The van der Waals surface area contributed by atoms with Crippen LogP contribution in [0.3, 0.4) is 0 Å². The van der Waals surface area contributed by atoms with Crippen LogP contribution in [0.5, 0.6) is 0 Å². The molecule has 0 unspecified atom stereocenters. The number of carbonyl (C=O) groups is 6. The molecule has 0 aliphatic rings. The van der Waals surface area contributed by atoms with Crippen molar-refractivity contribution in [2.24, 2.45) is 11.7 Å². The molecule has 0 spiro atoms. The molecule has 13 nitrogen and oxygen atoms in total. The molecule has 0 aliphatic carbocycles. The van der Waals surface area contributed by atoms with Crippen LogP contribution in [0.2, 0.25) is 0 Å². The smallest absolute Gasteiger partial charge is 0.305 e. The number of carbonyl (C=O) groups excluding carboxylic acids is 5. The molecule has 0 fully saturated rings. The Bertz CT molecular complexity index is 1220. The van der Waals surface area contributed by atoms with Crippen molar-refractivity contribution in [3.05, 3.63) is 36.0 Å². The van der Waals surface area contributed by atoms with E-state index in [0.717, 1.165) is 10.9 Å². The lowest BCUT2D eigenvalue weighted by Gasteiger charge is -2.26. The van der Waals surface area contributed by atoms with E-state index in [-0.39, 0.29) is 18.8 Å². The lowest BCUT2D eigenvalue weighted by Crippen LogP contribution is -2.58. The lowest BCUT2D eigenvalue weighted by atomic mass is 10.00. The molecule has 1 aromatic heterocycles. The second-order valence-electron chi connectivity index (χ2n) is 9.80. The van der Waals surface area contributed by atoms with Gasteiger partial charge in [0.1, 0.15) is 24.2 Å². The summed E-state index contributed by atoms with van der Waals surface area (Å²) in [6.07, 6.45) is 1.17. The Labute approximate surface area is 225 Å². The molecule has 1 heterocycles. The van der Waals surface area contributed by atoms with E-state index in [9.17, 15) is 28.8 Å². The number of H-pyrrole nitrogens is 1. The van der Waals surface area contributed by atoms with Crippen LogP contribution in [-0.2, 0) is 35.2 Å². The molecule has 13 heteroatoms. The third kappa shape index (κ3) is 9.43. The van der Waals surface area contributed by atoms with Gasteiger partial charge in [-0.1, -0.05) is 32.0 Å². The molecular weight excluding hydrogens is 508 g/mol. The number of hydrogen-bond donors (Lipinski definition) is 7. The first-order valence-corrected chi connectivity index (χ1v) is 12.5. The summed E-state index contributed by atoms with van der Waals surface area (Å²) in [6.45, 7) is 6.44. The number of aliphatic carboxylic acids is 1. The number of fused-ring (bicyclic) bond motifs is 1. The summed E-state index contributed by atoms with van der Waals surface area (Å²) in [7, 11) is 0. The standard InChI is InChI=1S/C26H36N6O7/c1-13(2)9-20(31-24(37)14(3)29-15(4)33)25(38)32-21(26(39)30-19(23(27)36)11-22(34)35)10-16-12-28-18-8-6-5-7-17(16)18/h5-8,12-14,19-21,28H,9-11H2,1-4H3,(H2,27,36)(H,29,33)(H,30,39)(H,31,37)(H,32,38)(H,34,35)/t14-,19-,20-,21-/m0/s1. The number of aromatic amines is 1. The van der Waals surface area contributed by atoms with Gasteiger partial charge in [0, 0.05) is 30.4 Å². The van der Waals surface area contributed by atoms with Gasteiger partial charge in [-0.05, 0) is 30.9 Å².